The summed E-state index contributed by atoms with van der Waals surface area (Å²) in [5.41, 5.74) is 7.51. The maximum Gasteiger partial charge on any atom is 0.267 e. The number of benzene rings is 1. The zero-order valence-electron chi connectivity index (χ0n) is 10.8. The number of nitrogens with one attached hydrogen (secondary N) is 1. The summed E-state index contributed by atoms with van der Waals surface area (Å²) in [6.07, 6.45) is 2.79. The third-order valence-electron chi connectivity index (χ3n) is 2.74. The first-order valence-corrected chi connectivity index (χ1v) is 6.92. The summed E-state index contributed by atoms with van der Waals surface area (Å²) in [5.74, 6) is -0.322. The molecular formula is C13H13IN4O2. The fraction of sp³-hybridized carbons (Fsp3) is 0.154. The minimum absolute atomic E-state index is 0.101. The lowest BCUT2D eigenvalue weighted by Gasteiger charge is -2.11. The number of hydrogen-bond donors (Lipinski definition) is 2. The van der Waals surface area contributed by atoms with Gasteiger partial charge in [0.15, 0.2) is 0 Å². The molecule has 0 spiro atoms. The first kappa shape index (κ1) is 14.5. The molecule has 0 unspecified atom stereocenters. The zero-order valence-corrected chi connectivity index (χ0v) is 12.9. The van der Waals surface area contributed by atoms with Crippen LogP contribution in [-0.2, 0) is 11.3 Å². The molecule has 0 aliphatic rings. The third kappa shape index (κ3) is 3.16. The van der Waals surface area contributed by atoms with Crippen molar-refractivity contribution >= 4 is 39.9 Å². The van der Waals surface area contributed by atoms with Gasteiger partial charge in [0.2, 0.25) is 5.91 Å². The fourth-order valence-electron chi connectivity index (χ4n) is 1.73. The van der Waals surface area contributed by atoms with Crippen LogP contribution in [0, 0.1) is 10.5 Å². The number of hydrogen-bond acceptors (Lipinski definition) is 4. The lowest BCUT2D eigenvalue weighted by Crippen LogP contribution is -2.29. The van der Waals surface area contributed by atoms with Crippen molar-refractivity contribution in [3.63, 3.8) is 0 Å². The molecule has 0 aliphatic heterocycles. The topological polar surface area (TPSA) is 90.0 Å². The van der Waals surface area contributed by atoms with Gasteiger partial charge in [-0.3, -0.25) is 14.2 Å². The van der Waals surface area contributed by atoms with Gasteiger partial charge in [-0.1, -0.05) is 12.1 Å². The second-order valence-electron chi connectivity index (χ2n) is 4.26. The quantitative estimate of drug-likeness (QED) is 0.618. The van der Waals surface area contributed by atoms with Crippen molar-refractivity contribution in [3.8, 4) is 0 Å². The Hall–Kier alpha value is -1.90. The highest BCUT2D eigenvalue weighted by molar-refractivity contribution is 14.1. The number of nitrogen functional groups attached to an aromatic ring is 1. The molecule has 2 rings (SSSR count). The van der Waals surface area contributed by atoms with Crippen molar-refractivity contribution in [1.29, 1.82) is 0 Å². The number of carbonyl (C=O) groups excluding carboxylic acids is 1. The molecule has 0 saturated heterocycles. The Balaban J connectivity index is 2.18. The van der Waals surface area contributed by atoms with E-state index in [4.69, 9.17) is 5.73 Å². The number of nitrogens with zero attached hydrogens (tertiary/aromatic N) is 2. The average molecular weight is 384 g/mol. The monoisotopic (exact) mass is 384 g/mol. The molecule has 2 aromatic rings. The molecule has 104 valence electrons. The van der Waals surface area contributed by atoms with Gasteiger partial charge < -0.3 is 11.1 Å². The van der Waals surface area contributed by atoms with E-state index in [2.05, 4.69) is 10.3 Å². The van der Waals surface area contributed by atoms with Gasteiger partial charge in [-0.15, -0.1) is 0 Å². The van der Waals surface area contributed by atoms with Crippen molar-refractivity contribution in [2.45, 2.75) is 13.5 Å². The molecule has 0 saturated carbocycles. The van der Waals surface area contributed by atoms with Crippen LogP contribution < -0.4 is 16.6 Å². The summed E-state index contributed by atoms with van der Waals surface area (Å²) in [4.78, 5) is 27.7. The molecule has 1 amide bonds. The molecule has 0 bridgehead atoms. The van der Waals surface area contributed by atoms with E-state index in [1.807, 2.05) is 41.6 Å². The summed E-state index contributed by atoms with van der Waals surface area (Å²) in [7, 11) is 0. The van der Waals surface area contributed by atoms with Gasteiger partial charge in [0.25, 0.3) is 5.56 Å². The number of rotatable bonds is 3. The van der Waals surface area contributed by atoms with Gasteiger partial charge in [0, 0.05) is 6.20 Å². The van der Waals surface area contributed by atoms with Gasteiger partial charge in [0.05, 0.1) is 21.3 Å². The lowest BCUT2D eigenvalue weighted by atomic mass is 10.1. The van der Waals surface area contributed by atoms with Crippen LogP contribution in [0.5, 0.6) is 0 Å². The van der Waals surface area contributed by atoms with Crippen LogP contribution in [0.2, 0.25) is 0 Å². The van der Waals surface area contributed by atoms with Gasteiger partial charge in [-0.25, -0.2) is 4.98 Å². The van der Waals surface area contributed by atoms with E-state index in [9.17, 15) is 9.59 Å². The second-order valence-corrected chi connectivity index (χ2v) is 5.42. The minimum atomic E-state index is -0.322. The van der Waals surface area contributed by atoms with Crippen molar-refractivity contribution in [2.75, 3.05) is 11.1 Å². The number of para-hydroxylation sites is 1. The Labute approximate surface area is 129 Å². The maximum atomic E-state index is 12.0. The Kier molecular flexibility index (Phi) is 4.38. The van der Waals surface area contributed by atoms with Crippen molar-refractivity contribution in [1.82, 2.24) is 9.55 Å². The van der Waals surface area contributed by atoms with Crippen molar-refractivity contribution in [3.05, 3.63) is 50.2 Å². The second kappa shape index (κ2) is 6.04. The SMILES string of the molecule is Cc1cccc(N)c1NC(=O)Cn1cncc(I)c1=O. The van der Waals surface area contributed by atoms with Crippen LogP contribution in [0.15, 0.2) is 35.5 Å². The number of nitrogens with two attached hydrogens (primary N) is 1. The minimum Gasteiger partial charge on any atom is -0.397 e. The first-order chi connectivity index (χ1) is 9.49. The summed E-state index contributed by atoms with van der Waals surface area (Å²) in [6, 6.07) is 5.38. The highest BCUT2D eigenvalue weighted by Gasteiger charge is 2.10. The molecule has 0 aliphatic carbocycles. The Morgan fingerprint density at radius 1 is 1.50 bits per heavy atom. The molecule has 1 aromatic heterocycles. The van der Waals surface area contributed by atoms with Gasteiger partial charge >= 0.3 is 0 Å². The van der Waals surface area contributed by atoms with E-state index >= 15 is 0 Å². The summed E-state index contributed by atoms with van der Waals surface area (Å²) < 4.78 is 1.72. The van der Waals surface area contributed by atoms with Crippen LogP contribution in [0.4, 0.5) is 11.4 Å². The highest BCUT2D eigenvalue weighted by atomic mass is 127. The molecule has 1 aromatic carbocycles. The number of aromatic nitrogens is 2. The average Bonchev–Trinajstić information content (AvgIpc) is 2.39. The number of halogens is 1. The molecule has 0 fully saturated rings. The number of aryl methyl sites for hydroxylation is 1. The highest BCUT2D eigenvalue weighted by Crippen LogP contribution is 2.22. The smallest absolute Gasteiger partial charge is 0.267 e. The normalized spacial score (nSPS) is 10.3. The van der Waals surface area contributed by atoms with Crippen molar-refractivity contribution < 1.29 is 4.79 Å². The van der Waals surface area contributed by atoms with E-state index in [1.54, 1.807) is 6.07 Å². The predicted molar refractivity (Wildman–Crippen MR) is 85.4 cm³/mol. The number of carbonyl (C=O) groups is 1. The molecule has 20 heavy (non-hydrogen) atoms. The van der Waals surface area contributed by atoms with Crippen molar-refractivity contribution in [2.24, 2.45) is 0 Å². The Morgan fingerprint density at radius 3 is 2.95 bits per heavy atom. The first-order valence-electron chi connectivity index (χ1n) is 5.84. The van der Waals surface area contributed by atoms with Gasteiger partial charge in [0.1, 0.15) is 6.54 Å². The van der Waals surface area contributed by atoms with E-state index in [1.165, 1.54) is 17.1 Å². The Bertz CT molecular complexity index is 692. The number of anilines is 2. The Morgan fingerprint density at radius 2 is 2.25 bits per heavy atom. The van der Waals surface area contributed by atoms with E-state index in [-0.39, 0.29) is 18.0 Å². The zero-order chi connectivity index (χ0) is 14.7. The summed E-state index contributed by atoms with van der Waals surface area (Å²) >= 11 is 1.88. The molecule has 7 heteroatoms. The van der Waals surface area contributed by atoms with Crippen LogP contribution >= 0.6 is 22.6 Å². The predicted octanol–water partition coefficient (Wildman–Crippen LogP) is 1.38. The summed E-state index contributed by atoms with van der Waals surface area (Å²) in [5, 5.41) is 2.72. The summed E-state index contributed by atoms with van der Waals surface area (Å²) in [6.45, 7) is 1.75. The van der Waals surface area contributed by atoms with Gasteiger partial charge in [-0.2, -0.15) is 0 Å². The fourth-order valence-corrected chi connectivity index (χ4v) is 2.20. The molecular weight excluding hydrogens is 371 g/mol. The van der Waals surface area contributed by atoms with E-state index < -0.39 is 0 Å². The molecule has 1 heterocycles. The third-order valence-corrected chi connectivity index (χ3v) is 3.48. The van der Waals surface area contributed by atoms with E-state index in [0.29, 0.717) is 14.9 Å². The van der Waals surface area contributed by atoms with Gasteiger partial charge in [-0.05, 0) is 41.1 Å². The molecule has 0 radical (unpaired) electrons. The lowest BCUT2D eigenvalue weighted by molar-refractivity contribution is -0.116. The van der Waals surface area contributed by atoms with Crippen LogP contribution in [0.3, 0.4) is 0 Å². The molecule has 3 N–H and O–H groups in total. The maximum absolute atomic E-state index is 12.0. The largest absolute Gasteiger partial charge is 0.397 e. The standard InChI is InChI=1S/C13H13IN4O2/c1-8-3-2-4-10(15)12(8)17-11(19)6-18-7-16-5-9(14)13(18)20/h2-5,7H,6,15H2,1H3,(H,17,19). The molecule has 0 atom stereocenters. The number of amides is 1. The van der Waals surface area contributed by atoms with Crippen LogP contribution in [0.25, 0.3) is 0 Å². The van der Waals surface area contributed by atoms with Crippen LogP contribution in [0.1, 0.15) is 5.56 Å². The molecule has 6 nitrogen and oxygen atoms in total. The van der Waals surface area contributed by atoms with Crippen LogP contribution in [-0.4, -0.2) is 15.5 Å². The van der Waals surface area contributed by atoms with E-state index in [0.717, 1.165) is 5.56 Å².